The molecule has 1 aromatic heterocycles. The maximum atomic E-state index is 5.67. The summed E-state index contributed by atoms with van der Waals surface area (Å²) in [7, 11) is 0. The number of fused-ring (bicyclic) bond motifs is 3. The molecular formula is C54H36N4. The molecule has 3 aliphatic carbocycles. The molecule has 0 aliphatic heterocycles. The van der Waals surface area contributed by atoms with Crippen LogP contribution in [-0.2, 0) is 0 Å². The second kappa shape index (κ2) is 13.0. The number of anilines is 6. The summed E-state index contributed by atoms with van der Waals surface area (Å²) in [6.07, 6.45) is 0. The number of para-hydroxylation sites is 4. The Balaban J connectivity index is 1.23. The fourth-order valence-corrected chi connectivity index (χ4v) is 9.74. The lowest BCUT2D eigenvalue weighted by Crippen LogP contribution is -2.29. The Hall–Kier alpha value is -7.56. The smallest absolute Gasteiger partial charge is 0.0898 e. The molecule has 9 aromatic carbocycles. The van der Waals surface area contributed by atoms with Crippen LogP contribution in [0.2, 0.25) is 0 Å². The summed E-state index contributed by atoms with van der Waals surface area (Å²) in [5, 5.41) is 4.48. The fourth-order valence-electron chi connectivity index (χ4n) is 9.74. The van der Waals surface area contributed by atoms with Gasteiger partial charge in [-0.15, -0.1) is 0 Å². The first-order valence-corrected chi connectivity index (χ1v) is 20.0. The summed E-state index contributed by atoms with van der Waals surface area (Å²) in [5.74, 6) is 0.0619. The zero-order valence-corrected chi connectivity index (χ0v) is 31.6. The monoisotopic (exact) mass is 740 g/mol. The highest BCUT2D eigenvalue weighted by molar-refractivity contribution is 6.25. The lowest BCUT2D eigenvalue weighted by atomic mass is 9.64. The van der Waals surface area contributed by atoms with E-state index in [0.29, 0.717) is 0 Å². The average molecular weight is 741 g/mol. The minimum absolute atomic E-state index is 0.0309. The highest BCUT2D eigenvalue weighted by Gasteiger charge is 2.43. The van der Waals surface area contributed by atoms with E-state index in [4.69, 9.17) is 9.97 Å². The molecule has 0 saturated heterocycles. The van der Waals surface area contributed by atoms with Gasteiger partial charge in [-0.1, -0.05) is 146 Å². The van der Waals surface area contributed by atoms with E-state index in [1.807, 2.05) is 0 Å². The van der Waals surface area contributed by atoms with Crippen molar-refractivity contribution in [1.29, 1.82) is 0 Å². The van der Waals surface area contributed by atoms with Crippen LogP contribution in [0.5, 0.6) is 0 Å². The molecule has 2 bridgehead atoms. The summed E-state index contributed by atoms with van der Waals surface area (Å²) in [6, 6.07) is 74.2. The van der Waals surface area contributed by atoms with Crippen LogP contribution in [0.1, 0.15) is 45.5 Å². The van der Waals surface area contributed by atoms with Gasteiger partial charge in [-0.3, -0.25) is 0 Å². The number of rotatable bonds is 6. The van der Waals surface area contributed by atoms with Crippen molar-refractivity contribution in [2.45, 2.75) is 11.8 Å². The first-order chi connectivity index (χ1) is 28.8. The van der Waals surface area contributed by atoms with Gasteiger partial charge in [-0.25, -0.2) is 9.97 Å². The molecule has 58 heavy (non-hydrogen) atoms. The quantitative estimate of drug-likeness (QED) is 0.126. The third-order valence-corrected chi connectivity index (χ3v) is 12.1. The van der Waals surface area contributed by atoms with Gasteiger partial charge in [-0.05, 0) is 82.9 Å². The fraction of sp³-hybridized carbons (Fsp3) is 0.0370. The minimum atomic E-state index is 0.0309. The second-order valence-electron chi connectivity index (χ2n) is 15.3. The minimum Gasteiger partial charge on any atom is -0.309 e. The van der Waals surface area contributed by atoms with E-state index in [1.165, 1.54) is 22.3 Å². The standard InChI is InChI=1S/C54H36N4/c1-5-19-35(20-6-1)57(36-21-7-2-8-22-36)53-43-31-17-18-32-44(43)54(58(37-23-9-3-10-24-37)38-25-11-4-12-26-38)46-34-48-47(33-45(46)53)55-51-49-39-27-13-15-29-41(39)50(52(51)56-48)42-30-16-14-28-40(42)49/h1-34,49-50H. The average Bonchev–Trinajstić information content (AvgIpc) is 3.30. The number of hydrogen-bond donors (Lipinski definition) is 0. The molecule has 0 N–H and O–H groups in total. The first-order valence-electron chi connectivity index (χ1n) is 20.0. The molecule has 0 unspecified atom stereocenters. The van der Waals surface area contributed by atoms with Crippen LogP contribution in [0.3, 0.4) is 0 Å². The van der Waals surface area contributed by atoms with Gasteiger partial charge < -0.3 is 9.80 Å². The Morgan fingerprint density at radius 3 is 0.879 bits per heavy atom. The van der Waals surface area contributed by atoms with Gasteiger partial charge in [0.15, 0.2) is 0 Å². The normalized spacial score (nSPS) is 14.9. The third kappa shape index (κ3) is 4.88. The molecule has 0 saturated carbocycles. The van der Waals surface area contributed by atoms with Crippen LogP contribution in [-0.4, -0.2) is 9.97 Å². The summed E-state index contributed by atoms with van der Waals surface area (Å²) < 4.78 is 0. The van der Waals surface area contributed by atoms with Crippen molar-refractivity contribution in [2.75, 3.05) is 9.80 Å². The molecular weight excluding hydrogens is 705 g/mol. The van der Waals surface area contributed by atoms with Crippen molar-refractivity contribution in [2.24, 2.45) is 0 Å². The third-order valence-electron chi connectivity index (χ3n) is 12.1. The zero-order valence-electron chi connectivity index (χ0n) is 31.6. The van der Waals surface area contributed by atoms with Gasteiger partial charge in [0.05, 0.1) is 45.6 Å². The highest BCUT2D eigenvalue weighted by Crippen LogP contribution is 2.56. The van der Waals surface area contributed by atoms with E-state index in [1.54, 1.807) is 0 Å². The van der Waals surface area contributed by atoms with Crippen LogP contribution in [0.25, 0.3) is 32.6 Å². The predicted molar refractivity (Wildman–Crippen MR) is 239 cm³/mol. The van der Waals surface area contributed by atoms with Crippen molar-refractivity contribution >= 4 is 66.7 Å². The Morgan fingerprint density at radius 1 is 0.293 bits per heavy atom. The molecule has 272 valence electrons. The number of hydrogen-bond acceptors (Lipinski definition) is 4. The topological polar surface area (TPSA) is 32.3 Å². The van der Waals surface area contributed by atoms with Crippen molar-refractivity contribution in [3.05, 3.63) is 240 Å². The second-order valence-corrected chi connectivity index (χ2v) is 15.3. The van der Waals surface area contributed by atoms with Gasteiger partial charge in [0.2, 0.25) is 0 Å². The summed E-state index contributed by atoms with van der Waals surface area (Å²) in [5.41, 5.74) is 15.8. The van der Waals surface area contributed by atoms with Crippen LogP contribution in [0.4, 0.5) is 34.1 Å². The van der Waals surface area contributed by atoms with E-state index in [9.17, 15) is 0 Å². The molecule has 13 rings (SSSR count). The largest absolute Gasteiger partial charge is 0.309 e. The summed E-state index contributed by atoms with van der Waals surface area (Å²) >= 11 is 0. The number of benzene rings is 9. The van der Waals surface area contributed by atoms with E-state index in [-0.39, 0.29) is 11.8 Å². The Morgan fingerprint density at radius 2 is 0.569 bits per heavy atom. The Kier molecular flexibility index (Phi) is 7.32. The lowest BCUT2D eigenvalue weighted by Gasteiger charge is -2.40. The molecule has 0 fully saturated rings. The van der Waals surface area contributed by atoms with E-state index in [0.717, 1.165) is 78.1 Å². The van der Waals surface area contributed by atoms with Crippen LogP contribution < -0.4 is 9.80 Å². The molecule has 0 amide bonds. The molecule has 0 atom stereocenters. The maximum absolute atomic E-state index is 5.67. The van der Waals surface area contributed by atoms with Gasteiger partial charge in [0, 0.05) is 44.3 Å². The van der Waals surface area contributed by atoms with Gasteiger partial charge in [-0.2, -0.15) is 0 Å². The van der Waals surface area contributed by atoms with E-state index >= 15 is 0 Å². The Labute approximate surface area is 336 Å². The molecule has 10 aromatic rings. The van der Waals surface area contributed by atoms with Crippen molar-refractivity contribution in [1.82, 2.24) is 9.97 Å². The zero-order chi connectivity index (χ0) is 38.2. The van der Waals surface area contributed by atoms with Crippen molar-refractivity contribution < 1.29 is 0 Å². The highest BCUT2D eigenvalue weighted by atomic mass is 15.2. The number of nitrogens with zero attached hydrogens (tertiary/aromatic N) is 4. The van der Waals surface area contributed by atoms with Crippen LogP contribution in [0.15, 0.2) is 206 Å². The van der Waals surface area contributed by atoms with Crippen molar-refractivity contribution in [3.63, 3.8) is 0 Å². The molecule has 3 aliphatic rings. The molecule has 4 heteroatoms. The van der Waals surface area contributed by atoms with Gasteiger partial charge in [0.25, 0.3) is 0 Å². The van der Waals surface area contributed by atoms with E-state index < -0.39 is 0 Å². The van der Waals surface area contributed by atoms with Crippen molar-refractivity contribution in [3.8, 4) is 0 Å². The first kappa shape index (κ1) is 32.7. The predicted octanol–water partition coefficient (Wildman–Crippen LogP) is 13.9. The summed E-state index contributed by atoms with van der Waals surface area (Å²) in [6.45, 7) is 0. The van der Waals surface area contributed by atoms with E-state index in [2.05, 4.69) is 216 Å². The summed E-state index contributed by atoms with van der Waals surface area (Å²) in [4.78, 5) is 16.2. The van der Waals surface area contributed by atoms with Gasteiger partial charge >= 0.3 is 0 Å². The Bertz CT molecular complexity index is 2840. The molecule has 0 radical (unpaired) electrons. The lowest BCUT2D eigenvalue weighted by molar-refractivity contribution is 0.709. The van der Waals surface area contributed by atoms with Gasteiger partial charge in [0.1, 0.15) is 0 Å². The van der Waals surface area contributed by atoms with Crippen LogP contribution >= 0.6 is 0 Å². The van der Waals surface area contributed by atoms with Crippen LogP contribution in [0, 0.1) is 0 Å². The molecule has 0 spiro atoms. The molecule has 4 nitrogen and oxygen atoms in total. The SMILES string of the molecule is c1ccc(N(c2ccccc2)c2c3ccccc3c(N(c3ccccc3)c3ccccc3)c3cc4nc5c(nc4cc23)C2c3ccccc3C5c3ccccc32)cc1. The maximum Gasteiger partial charge on any atom is 0.0898 e. The molecule has 1 heterocycles. The number of aromatic nitrogens is 2.